The fraction of sp³-hybridized carbons (Fsp3) is 0.238. The molecule has 0 fully saturated rings. The highest BCUT2D eigenvalue weighted by molar-refractivity contribution is 5.81. The number of hydrogen-bond donors (Lipinski definition) is 1. The molecule has 2 aromatic carbocycles. The third kappa shape index (κ3) is 4.18. The van der Waals surface area contributed by atoms with E-state index in [1.54, 1.807) is 13.1 Å². The Bertz CT molecular complexity index is 889. The van der Waals surface area contributed by atoms with E-state index in [1.165, 1.54) is 0 Å². The van der Waals surface area contributed by atoms with Crippen LogP contribution in [0.3, 0.4) is 0 Å². The van der Waals surface area contributed by atoms with Crippen LogP contribution in [0.5, 0.6) is 5.75 Å². The van der Waals surface area contributed by atoms with Gasteiger partial charge in [-0.05, 0) is 24.6 Å². The Hall–Kier alpha value is -2.92. The monoisotopic (exact) mass is 351 g/mol. The summed E-state index contributed by atoms with van der Waals surface area (Å²) >= 11 is 0. The average Bonchev–Trinajstić information content (AvgIpc) is 2.66. The smallest absolute Gasteiger partial charge is 0.333 e. The first-order valence-corrected chi connectivity index (χ1v) is 8.56. The van der Waals surface area contributed by atoms with Crippen molar-refractivity contribution in [1.82, 2.24) is 4.98 Å². The highest BCUT2D eigenvalue weighted by atomic mass is 16.5. The van der Waals surface area contributed by atoms with Gasteiger partial charge in [0.1, 0.15) is 12.4 Å². The van der Waals surface area contributed by atoms with Crippen LogP contribution in [0.25, 0.3) is 10.9 Å². The van der Waals surface area contributed by atoms with E-state index < -0.39 is 12.1 Å². The summed E-state index contributed by atoms with van der Waals surface area (Å²) in [6.45, 7) is 2.49. The Morgan fingerprint density at radius 2 is 1.85 bits per heavy atom. The highest BCUT2D eigenvalue weighted by Gasteiger charge is 2.20. The highest BCUT2D eigenvalue weighted by Crippen LogP contribution is 2.23. The van der Waals surface area contributed by atoms with Gasteiger partial charge in [0.05, 0.1) is 5.52 Å². The summed E-state index contributed by atoms with van der Waals surface area (Å²) in [5, 5.41) is 10.4. The number of ether oxygens (including phenoxy) is 2. The molecule has 0 amide bonds. The number of benzene rings is 2. The van der Waals surface area contributed by atoms with Gasteiger partial charge in [-0.2, -0.15) is 0 Å². The number of fused-ring (bicyclic) bond motifs is 1. The van der Waals surface area contributed by atoms with Crippen LogP contribution < -0.4 is 4.74 Å². The molecular weight excluding hydrogens is 330 g/mol. The fourth-order valence-corrected chi connectivity index (χ4v) is 2.87. The molecule has 26 heavy (non-hydrogen) atoms. The minimum atomic E-state index is -0.972. The quantitative estimate of drug-likeness (QED) is 0.668. The normalized spacial score (nSPS) is 12.0. The van der Waals surface area contributed by atoms with Crippen LogP contribution in [0.4, 0.5) is 0 Å². The minimum Gasteiger partial charge on any atom is -0.489 e. The first-order chi connectivity index (χ1) is 12.7. The Morgan fingerprint density at radius 1 is 1.08 bits per heavy atom. The van der Waals surface area contributed by atoms with E-state index in [0.717, 1.165) is 22.0 Å². The van der Waals surface area contributed by atoms with Gasteiger partial charge in [-0.15, -0.1) is 0 Å². The van der Waals surface area contributed by atoms with Gasteiger partial charge in [0, 0.05) is 30.2 Å². The van der Waals surface area contributed by atoms with Crippen molar-refractivity contribution in [3.05, 3.63) is 71.9 Å². The molecule has 5 nitrogen and oxygen atoms in total. The first-order valence-electron chi connectivity index (χ1n) is 8.56. The lowest BCUT2D eigenvalue weighted by Gasteiger charge is -2.16. The molecule has 1 unspecified atom stereocenters. The van der Waals surface area contributed by atoms with E-state index in [0.29, 0.717) is 19.0 Å². The Morgan fingerprint density at radius 3 is 2.65 bits per heavy atom. The average molecular weight is 351 g/mol. The molecule has 1 heterocycles. The van der Waals surface area contributed by atoms with Crippen LogP contribution >= 0.6 is 0 Å². The number of carbonyl (C=O) groups is 1. The summed E-state index contributed by atoms with van der Waals surface area (Å²) in [5.41, 5.74) is 2.70. The summed E-state index contributed by atoms with van der Waals surface area (Å²) < 4.78 is 11.3. The van der Waals surface area contributed by atoms with Crippen molar-refractivity contribution < 1.29 is 19.4 Å². The maximum atomic E-state index is 11.4. The summed E-state index contributed by atoms with van der Waals surface area (Å²) in [4.78, 5) is 15.8. The summed E-state index contributed by atoms with van der Waals surface area (Å²) in [5.74, 6) is -0.314. The molecule has 5 heteroatoms. The molecule has 0 spiro atoms. The zero-order chi connectivity index (χ0) is 18.4. The number of hydrogen-bond acceptors (Lipinski definition) is 4. The van der Waals surface area contributed by atoms with Crippen LogP contribution in [0.15, 0.2) is 60.8 Å². The second kappa shape index (κ2) is 8.45. The second-order valence-electron chi connectivity index (χ2n) is 5.88. The fourth-order valence-electron chi connectivity index (χ4n) is 2.87. The van der Waals surface area contributed by atoms with Gasteiger partial charge < -0.3 is 14.6 Å². The zero-order valence-electron chi connectivity index (χ0n) is 14.6. The number of para-hydroxylation sites is 2. The third-order valence-corrected chi connectivity index (χ3v) is 4.12. The number of aliphatic carboxylic acids is 1. The van der Waals surface area contributed by atoms with E-state index in [9.17, 15) is 9.90 Å². The lowest BCUT2D eigenvalue weighted by Crippen LogP contribution is -2.26. The van der Waals surface area contributed by atoms with Crippen LogP contribution in [0, 0.1) is 0 Å². The van der Waals surface area contributed by atoms with Gasteiger partial charge in [-0.25, -0.2) is 4.79 Å². The van der Waals surface area contributed by atoms with Crippen molar-refractivity contribution >= 4 is 16.9 Å². The van der Waals surface area contributed by atoms with Gasteiger partial charge in [-0.1, -0.05) is 42.5 Å². The first kappa shape index (κ1) is 17.9. The minimum absolute atomic E-state index is 0.257. The van der Waals surface area contributed by atoms with Gasteiger partial charge in [0.2, 0.25) is 0 Å². The molecule has 0 aliphatic heterocycles. The summed E-state index contributed by atoms with van der Waals surface area (Å²) in [7, 11) is 0. The Kier molecular flexibility index (Phi) is 5.81. The van der Waals surface area contributed by atoms with Crippen molar-refractivity contribution in [3.8, 4) is 5.75 Å². The van der Waals surface area contributed by atoms with Crippen LogP contribution in [0.1, 0.15) is 18.1 Å². The molecule has 1 aromatic heterocycles. The molecule has 0 radical (unpaired) electrons. The van der Waals surface area contributed by atoms with E-state index in [4.69, 9.17) is 9.47 Å². The van der Waals surface area contributed by atoms with E-state index in [-0.39, 0.29) is 6.42 Å². The Labute approximate surface area is 152 Å². The van der Waals surface area contributed by atoms with Crippen LogP contribution in [0.2, 0.25) is 0 Å². The lowest BCUT2D eigenvalue weighted by molar-refractivity contribution is -0.149. The number of aromatic nitrogens is 1. The number of rotatable bonds is 8. The van der Waals surface area contributed by atoms with Gasteiger partial charge in [0.25, 0.3) is 0 Å². The number of carboxylic acid groups (broad SMARTS) is 1. The molecule has 3 aromatic rings. The number of carboxylic acids is 1. The summed E-state index contributed by atoms with van der Waals surface area (Å²) in [6, 6.07) is 17.3. The number of nitrogens with zero attached hydrogens (tertiary/aromatic N) is 1. The molecule has 134 valence electrons. The largest absolute Gasteiger partial charge is 0.489 e. The van der Waals surface area contributed by atoms with E-state index in [2.05, 4.69) is 4.98 Å². The van der Waals surface area contributed by atoms with Crippen molar-refractivity contribution in [2.24, 2.45) is 0 Å². The van der Waals surface area contributed by atoms with Crippen molar-refractivity contribution in [2.75, 3.05) is 6.61 Å². The molecule has 0 saturated heterocycles. The van der Waals surface area contributed by atoms with Gasteiger partial charge >= 0.3 is 5.97 Å². The predicted octanol–water partition coefficient (Wildman–Crippen LogP) is 3.85. The van der Waals surface area contributed by atoms with Crippen molar-refractivity contribution in [3.63, 3.8) is 0 Å². The molecular formula is C21H21NO4. The topological polar surface area (TPSA) is 68.7 Å². The standard InChI is InChI=1S/C21H21NO4/c1-2-25-19(21(23)24)13-16-7-3-4-11-18(16)26-14-17-9-5-8-15-10-6-12-22-20(15)17/h3-12,19H,2,13-14H2,1H3,(H,23,24). The second-order valence-corrected chi connectivity index (χ2v) is 5.88. The lowest BCUT2D eigenvalue weighted by atomic mass is 10.1. The Balaban J connectivity index is 1.79. The molecule has 0 bridgehead atoms. The molecule has 0 aliphatic rings. The SMILES string of the molecule is CCOC(Cc1ccccc1OCc1cccc2cccnc12)C(=O)O. The van der Waals surface area contributed by atoms with Crippen molar-refractivity contribution in [1.29, 1.82) is 0 Å². The third-order valence-electron chi connectivity index (χ3n) is 4.12. The van der Waals surface area contributed by atoms with Crippen molar-refractivity contribution in [2.45, 2.75) is 26.1 Å². The maximum absolute atomic E-state index is 11.4. The molecule has 0 saturated carbocycles. The zero-order valence-corrected chi connectivity index (χ0v) is 14.6. The molecule has 1 N–H and O–H groups in total. The van der Waals surface area contributed by atoms with E-state index >= 15 is 0 Å². The van der Waals surface area contributed by atoms with Crippen LogP contribution in [-0.4, -0.2) is 28.8 Å². The molecule has 1 atom stereocenters. The maximum Gasteiger partial charge on any atom is 0.333 e. The van der Waals surface area contributed by atoms with E-state index in [1.807, 2.05) is 54.6 Å². The number of pyridine rings is 1. The predicted molar refractivity (Wildman–Crippen MR) is 99.3 cm³/mol. The molecule has 0 aliphatic carbocycles. The van der Waals surface area contributed by atoms with Gasteiger partial charge in [0.15, 0.2) is 6.10 Å². The van der Waals surface area contributed by atoms with Gasteiger partial charge in [-0.3, -0.25) is 4.98 Å². The van der Waals surface area contributed by atoms with Crippen LogP contribution in [-0.2, 0) is 22.6 Å². The molecule has 3 rings (SSSR count). The summed E-state index contributed by atoms with van der Waals surface area (Å²) in [6.07, 6.45) is 1.14.